The van der Waals surface area contributed by atoms with Gasteiger partial charge in [-0.3, -0.25) is 14.9 Å². The molecule has 0 unspecified atom stereocenters. The molecule has 3 aromatic carbocycles. The van der Waals surface area contributed by atoms with Gasteiger partial charge in [0.05, 0.1) is 15.4 Å². The number of sulfonamides is 1. The lowest BCUT2D eigenvalue weighted by molar-refractivity contribution is -0.384. The normalized spacial score (nSPS) is 14.9. The molecule has 1 heterocycles. The average Bonchev–Trinajstić information content (AvgIpc) is 2.82. The van der Waals surface area contributed by atoms with Gasteiger partial charge in [-0.2, -0.15) is 4.31 Å². The Labute approximate surface area is 192 Å². The van der Waals surface area contributed by atoms with Gasteiger partial charge in [-0.1, -0.05) is 30.3 Å². The second kappa shape index (κ2) is 8.80. The number of nitro benzene ring substituents is 1. The first kappa shape index (κ1) is 22.7. The molecular weight excluding hydrogens is 444 g/mol. The molecule has 1 fully saturated rings. The van der Waals surface area contributed by atoms with Crippen molar-refractivity contribution in [3.05, 3.63) is 76.3 Å². The molecule has 1 saturated heterocycles. The Morgan fingerprint density at radius 2 is 1.61 bits per heavy atom. The van der Waals surface area contributed by atoms with Crippen LogP contribution in [0.15, 0.2) is 65.6 Å². The fourth-order valence-corrected chi connectivity index (χ4v) is 5.44. The summed E-state index contributed by atoms with van der Waals surface area (Å²) in [7, 11) is -0.197. The van der Waals surface area contributed by atoms with Gasteiger partial charge in [-0.25, -0.2) is 8.42 Å². The van der Waals surface area contributed by atoms with E-state index in [-0.39, 0.29) is 48.2 Å². The third kappa shape index (κ3) is 4.39. The van der Waals surface area contributed by atoms with Gasteiger partial charge in [0.2, 0.25) is 10.0 Å². The Balaban J connectivity index is 1.53. The molecular formula is C23H24N4O5S. The highest BCUT2D eigenvalue weighted by Gasteiger charge is 2.32. The number of amides is 1. The van der Waals surface area contributed by atoms with Gasteiger partial charge in [0.1, 0.15) is 0 Å². The van der Waals surface area contributed by atoms with Crippen molar-refractivity contribution >= 4 is 38.1 Å². The monoisotopic (exact) mass is 468 g/mol. The van der Waals surface area contributed by atoms with Crippen molar-refractivity contribution in [1.29, 1.82) is 0 Å². The molecule has 0 atom stereocenters. The van der Waals surface area contributed by atoms with Crippen LogP contribution in [0.2, 0.25) is 0 Å². The van der Waals surface area contributed by atoms with E-state index in [1.165, 1.54) is 16.4 Å². The van der Waals surface area contributed by atoms with E-state index in [4.69, 9.17) is 0 Å². The highest BCUT2D eigenvalue weighted by atomic mass is 32.2. The standard InChI is InChI=1S/C23H24N4O5S/c1-24(2)22-10-8-19(27(29)30)16-21(22)23(28)25-11-13-26(14-12-25)33(31,32)20-9-7-17-5-3-4-6-18(17)15-20/h3-10,15-16H,11-14H2,1-2H3. The Morgan fingerprint density at radius 1 is 0.939 bits per heavy atom. The van der Waals surface area contributed by atoms with Gasteiger partial charge in [-0.15, -0.1) is 0 Å². The molecule has 1 aliphatic heterocycles. The molecule has 1 aliphatic rings. The van der Waals surface area contributed by atoms with E-state index in [9.17, 15) is 23.3 Å². The number of rotatable bonds is 5. The molecule has 9 nitrogen and oxygen atoms in total. The molecule has 3 aromatic rings. The van der Waals surface area contributed by atoms with E-state index in [0.29, 0.717) is 5.69 Å². The Morgan fingerprint density at radius 3 is 2.24 bits per heavy atom. The fraction of sp³-hybridized carbons (Fsp3) is 0.261. The highest BCUT2D eigenvalue weighted by molar-refractivity contribution is 7.89. The predicted molar refractivity (Wildman–Crippen MR) is 126 cm³/mol. The van der Waals surface area contributed by atoms with Crippen molar-refractivity contribution in [3.8, 4) is 0 Å². The zero-order chi connectivity index (χ0) is 23.8. The molecule has 0 saturated carbocycles. The van der Waals surface area contributed by atoms with E-state index in [2.05, 4.69) is 0 Å². The lowest BCUT2D eigenvalue weighted by Gasteiger charge is -2.34. The Hall–Kier alpha value is -3.50. The zero-order valence-electron chi connectivity index (χ0n) is 18.3. The number of nitro groups is 1. The molecule has 0 spiro atoms. The number of nitrogens with zero attached hydrogens (tertiary/aromatic N) is 4. The van der Waals surface area contributed by atoms with Crippen molar-refractivity contribution in [2.24, 2.45) is 0 Å². The lowest BCUT2D eigenvalue weighted by atomic mass is 10.1. The van der Waals surface area contributed by atoms with Crippen LogP contribution >= 0.6 is 0 Å². The second-order valence-corrected chi connectivity index (χ2v) is 10.00. The second-order valence-electron chi connectivity index (χ2n) is 8.06. The number of carbonyl (C=O) groups is 1. The van der Waals surface area contributed by atoms with Crippen molar-refractivity contribution in [1.82, 2.24) is 9.21 Å². The minimum Gasteiger partial charge on any atom is -0.377 e. The molecule has 33 heavy (non-hydrogen) atoms. The summed E-state index contributed by atoms with van der Waals surface area (Å²) in [5.41, 5.74) is 0.623. The van der Waals surface area contributed by atoms with Gasteiger partial charge >= 0.3 is 0 Å². The number of non-ortho nitro benzene ring substituents is 1. The third-order valence-corrected chi connectivity index (χ3v) is 7.68. The molecule has 4 rings (SSSR count). The molecule has 0 aliphatic carbocycles. The Kier molecular flexibility index (Phi) is 6.05. The summed E-state index contributed by atoms with van der Waals surface area (Å²) in [5.74, 6) is -0.356. The molecule has 0 radical (unpaired) electrons. The largest absolute Gasteiger partial charge is 0.377 e. The first-order valence-corrected chi connectivity index (χ1v) is 11.9. The van der Waals surface area contributed by atoms with Crippen molar-refractivity contribution in [2.45, 2.75) is 4.90 Å². The number of anilines is 1. The van der Waals surface area contributed by atoms with Crippen LogP contribution in [0.1, 0.15) is 10.4 Å². The van der Waals surface area contributed by atoms with Gasteiger partial charge in [0, 0.05) is 58.1 Å². The van der Waals surface area contributed by atoms with E-state index < -0.39 is 14.9 Å². The fourth-order valence-electron chi connectivity index (χ4n) is 3.98. The van der Waals surface area contributed by atoms with Crippen LogP contribution in [0, 0.1) is 10.1 Å². The van der Waals surface area contributed by atoms with Crippen LogP contribution in [0.5, 0.6) is 0 Å². The summed E-state index contributed by atoms with van der Waals surface area (Å²) < 4.78 is 27.7. The molecule has 0 N–H and O–H groups in total. The summed E-state index contributed by atoms with van der Waals surface area (Å²) in [5, 5.41) is 13.0. The van der Waals surface area contributed by atoms with E-state index in [0.717, 1.165) is 10.8 Å². The molecule has 0 aromatic heterocycles. The number of hydrogen-bond donors (Lipinski definition) is 0. The van der Waals surface area contributed by atoms with E-state index in [1.54, 1.807) is 48.2 Å². The van der Waals surface area contributed by atoms with Crippen molar-refractivity contribution in [2.75, 3.05) is 45.2 Å². The van der Waals surface area contributed by atoms with Crippen LogP contribution in [0.3, 0.4) is 0 Å². The molecule has 172 valence electrons. The maximum absolute atomic E-state index is 13.2. The van der Waals surface area contributed by atoms with Gasteiger partial charge in [0.25, 0.3) is 11.6 Å². The maximum atomic E-state index is 13.2. The third-order valence-electron chi connectivity index (χ3n) is 5.79. The van der Waals surface area contributed by atoms with Crippen LogP contribution in [-0.2, 0) is 10.0 Å². The summed E-state index contributed by atoms with van der Waals surface area (Å²) in [4.78, 5) is 27.3. The Bertz CT molecular complexity index is 1330. The summed E-state index contributed by atoms with van der Waals surface area (Å²) in [6.07, 6.45) is 0. The van der Waals surface area contributed by atoms with Crippen molar-refractivity contribution in [3.63, 3.8) is 0 Å². The maximum Gasteiger partial charge on any atom is 0.270 e. The molecule has 10 heteroatoms. The number of fused-ring (bicyclic) bond motifs is 1. The smallest absolute Gasteiger partial charge is 0.270 e. The van der Waals surface area contributed by atoms with Gasteiger partial charge in [-0.05, 0) is 29.0 Å². The minimum atomic E-state index is -3.71. The number of piperazine rings is 1. The zero-order valence-corrected chi connectivity index (χ0v) is 19.2. The van der Waals surface area contributed by atoms with E-state index >= 15 is 0 Å². The summed E-state index contributed by atoms with van der Waals surface area (Å²) >= 11 is 0. The molecule has 1 amide bonds. The van der Waals surface area contributed by atoms with Crippen LogP contribution in [-0.4, -0.2) is 68.7 Å². The molecule has 0 bridgehead atoms. The summed E-state index contributed by atoms with van der Waals surface area (Å²) in [6.45, 7) is 0.683. The van der Waals surface area contributed by atoms with Gasteiger partial charge < -0.3 is 9.80 Å². The quantitative estimate of drug-likeness (QED) is 0.421. The lowest BCUT2D eigenvalue weighted by Crippen LogP contribution is -2.50. The average molecular weight is 469 g/mol. The number of hydrogen-bond acceptors (Lipinski definition) is 6. The number of carbonyl (C=O) groups excluding carboxylic acids is 1. The van der Waals surface area contributed by atoms with E-state index in [1.807, 2.05) is 24.3 Å². The van der Waals surface area contributed by atoms with Crippen LogP contribution in [0.4, 0.5) is 11.4 Å². The minimum absolute atomic E-state index is 0.146. The van der Waals surface area contributed by atoms with Crippen LogP contribution < -0.4 is 4.90 Å². The predicted octanol–water partition coefficient (Wildman–Crippen LogP) is 2.96. The summed E-state index contributed by atoms with van der Waals surface area (Å²) in [6, 6.07) is 16.8. The first-order chi connectivity index (χ1) is 15.7. The highest BCUT2D eigenvalue weighted by Crippen LogP contribution is 2.27. The van der Waals surface area contributed by atoms with Crippen LogP contribution in [0.25, 0.3) is 10.8 Å². The van der Waals surface area contributed by atoms with Crippen molar-refractivity contribution < 1.29 is 18.1 Å². The topological polar surface area (TPSA) is 104 Å². The number of benzene rings is 3. The van der Waals surface area contributed by atoms with Gasteiger partial charge in [0.15, 0.2) is 0 Å². The SMILES string of the molecule is CN(C)c1ccc([N+](=O)[O-])cc1C(=O)N1CCN(S(=O)(=O)c2ccc3ccccc3c2)CC1. The first-order valence-electron chi connectivity index (χ1n) is 10.4.